The highest BCUT2D eigenvalue weighted by molar-refractivity contribution is 7.89. The number of para-hydroxylation sites is 2. The summed E-state index contributed by atoms with van der Waals surface area (Å²) in [6, 6.07) is 7.29. The highest BCUT2D eigenvalue weighted by Crippen LogP contribution is 2.30. The molecule has 3 rings (SSSR count). The maximum Gasteiger partial charge on any atom is 0.244 e. The smallest absolute Gasteiger partial charge is 0.244 e. The zero-order valence-corrected chi connectivity index (χ0v) is 12.2. The number of hydrogen-bond acceptors (Lipinski definition) is 5. The van der Waals surface area contributed by atoms with Gasteiger partial charge in [-0.3, -0.25) is 5.10 Å². The Balaban J connectivity index is 1.66. The molecule has 1 atom stereocenters. The molecular formula is C13H15N3O4S. The van der Waals surface area contributed by atoms with Crippen molar-refractivity contribution in [3.63, 3.8) is 0 Å². The predicted octanol–water partition coefficient (Wildman–Crippen LogP) is 0.836. The van der Waals surface area contributed by atoms with Gasteiger partial charge >= 0.3 is 0 Å². The Morgan fingerprint density at radius 2 is 2.14 bits per heavy atom. The number of aromatic nitrogens is 2. The number of hydrogen-bond donors (Lipinski definition) is 2. The third-order valence-electron chi connectivity index (χ3n) is 3.14. The summed E-state index contributed by atoms with van der Waals surface area (Å²) < 4.78 is 38.0. The van der Waals surface area contributed by atoms with E-state index in [4.69, 9.17) is 9.47 Å². The molecule has 0 radical (unpaired) electrons. The van der Waals surface area contributed by atoms with Gasteiger partial charge in [0, 0.05) is 0 Å². The molecule has 2 N–H and O–H groups in total. The molecule has 1 aromatic heterocycles. The van der Waals surface area contributed by atoms with Crippen LogP contribution in [0.4, 0.5) is 0 Å². The third kappa shape index (κ3) is 2.86. The molecule has 21 heavy (non-hydrogen) atoms. The standard InChI is InChI=1S/C13H15N3O4S/c1-9-13(7-14-16-9)21(17,18)15-6-10-8-19-11-4-2-3-5-12(11)20-10/h2-5,7,10,15H,6,8H2,1H3,(H,14,16). The Labute approximate surface area is 122 Å². The van der Waals surface area contributed by atoms with Crippen LogP contribution in [0.3, 0.4) is 0 Å². The molecule has 2 aromatic rings. The van der Waals surface area contributed by atoms with Crippen LogP contribution in [-0.2, 0) is 10.0 Å². The van der Waals surface area contributed by atoms with E-state index in [1.165, 1.54) is 6.20 Å². The van der Waals surface area contributed by atoms with Gasteiger partial charge in [-0.15, -0.1) is 0 Å². The van der Waals surface area contributed by atoms with E-state index in [0.717, 1.165) is 0 Å². The molecule has 1 aliphatic heterocycles. The summed E-state index contributed by atoms with van der Waals surface area (Å²) in [4.78, 5) is 0.139. The normalized spacial score (nSPS) is 17.7. The van der Waals surface area contributed by atoms with Crippen LogP contribution < -0.4 is 14.2 Å². The van der Waals surface area contributed by atoms with Crippen LogP contribution in [0.5, 0.6) is 11.5 Å². The van der Waals surface area contributed by atoms with Gasteiger partial charge in [-0.2, -0.15) is 5.10 Å². The maximum atomic E-state index is 12.1. The van der Waals surface area contributed by atoms with Gasteiger partial charge < -0.3 is 9.47 Å². The first kappa shape index (κ1) is 13.9. The SMILES string of the molecule is Cc1[nH]ncc1S(=O)(=O)NCC1COc2ccccc2O1. The van der Waals surface area contributed by atoms with Crippen LogP contribution in [0.1, 0.15) is 5.69 Å². The number of aromatic amines is 1. The quantitative estimate of drug-likeness (QED) is 0.873. The molecule has 0 amide bonds. The second-order valence-electron chi connectivity index (χ2n) is 4.71. The molecule has 1 aliphatic rings. The van der Waals surface area contributed by atoms with E-state index in [2.05, 4.69) is 14.9 Å². The number of H-pyrrole nitrogens is 1. The van der Waals surface area contributed by atoms with Crippen LogP contribution >= 0.6 is 0 Å². The number of aryl methyl sites for hydroxylation is 1. The largest absolute Gasteiger partial charge is 0.486 e. The summed E-state index contributed by atoms with van der Waals surface area (Å²) in [6.07, 6.45) is 0.910. The first-order valence-corrected chi connectivity index (χ1v) is 7.93. The van der Waals surface area contributed by atoms with Gasteiger partial charge in [-0.1, -0.05) is 12.1 Å². The van der Waals surface area contributed by atoms with Gasteiger partial charge in [0.1, 0.15) is 17.6 Å². The Hall–Kier alpha value is -2.06. The van der Waals surface area contributed by atoms with Crippen molar-refractivity contribution in [3.05, 3.63) is 36.2 Å². The van der Waals surface area contributed by atoms with Crippen molar-refractivity contribution < 1.29 is 17.9 Å². The second kappa shape index (κ2) is 5.38. The highest BCUT2D eigenvalue weighted by atomic mass is 32.2. The van der Waals surface area contributed by atoms with Crippen molar-refractivity contribution in [2.45, 2.75) is 17.9 Å². The van der Waals surface area contributed by atoms with Gasteiger partial charge in [0.2, 0.25) is 10.0 Å². The van der Waals surface area contributed by atoms with E-state index < -0.39 is 10.0 Å². The monoisotopic (exact) mass is 309 g/mol. The average Bonchev–Trinajstić information content (AvgIpc) is 2.92. The molecule has 0 saturated carbocycles. The van der Waals surface area contributed by atoms with E-state index in [1.54, 1.807) is 13.0 Å². The predicted molar refractivity (Wildman–Crippen MR) is 74.9 cm³/mol. The van der Waals surface area contributed by atoms with E-state index in [0.29, 0.717) is 23.8 Å². The van der Waals surface area contributed by atoms with Crippen LogP contribution in [-0.4, -0.2) is 37.9 Å². The molecule has 7 nitrogen and oxygen atoms in total. The summed E-state index contributed by atoms with van der Waals surface area (Å²) in [6.45, 7) is 2.07. The molecule has 0 bridgehead atoms. The van der Waals surface area contributed by atoms with Crippen molar-refractivity contribution in [1.82, 2.24) is 14.9 Å². The van der Waals surface area contributed by atoms with Crippen LogP contribution in [0.15, 0.2) is 35.4 Å². The molecular weight excluding hydrogens is 294 g/mol. The van der Waals surface area contributed by atoms with E-state index >= 15 is 0 Å². The van der Waals surface area contributed by atoms with Gasteiger partial charge in [0.25, 0.3) is 0 Å². The van der Waals surface area contributed by atoms with Crippen LogP contribution in [0.25, 0.3) is 0 Å². The lowest BCUT2D eigenvalue weighted by molar-refractivity contribution is 0.0943. The first-order chi connectivity index (χ1) is 10.1. The molecule has 0 aliphatic carbocycles. The molecule has 1 aromatic carbocycles. The van der Waals surface area contributed by atoms with Crippen LogP contribution in [0, 0.1) is 6.92 Å². The fraction of sp³-hybridized carbons (Fsp3) is 0.308. The second-order valence-corrected chi connectivity index (χ2v) is 6.44. The minimum Gasteiger partial charge on any atom is -0.486 e. The number of nitrogens with one attached hydrogen (secondary N) is 2. The molecule has 8 heteroatoms. The Kier molecular flexibility index (Phi) is 3.56. The summed E-state index contributed by atoms with van der Waals surface area (Å²) >= 11 is 0. The van der Waals surface area contributed by atoms with Gasteiger partial charge in [-0.05, 0) is 19.1 Å². The molecule has 0 saturated heterocycles. The number of nitrogens with zero attached hydrogens (tertiary/aromatic N) is 1. The molecule has 2 heterocycles. The Bertz CT molecular complexity index is 741. The summed E-state index contributed by atoms with van der Waals surface area (Å²) in [5.74, 6) is 1.29. The van der Waals surface area contributed by atoms with Crippen molar-refractivity contribution in [2.75, 3.05) is 13.2 Å². The lowest BCUT2D eigenvalue weighted by Gasteiger charge is -2.26. The van der Waals surface area contributed by atoms with Gasteiger partial charge in [0.15, 0.2) is 11.5 Å². The fourth-order valence-electron chi connectivity index (χ4n) is 2.05. The zero-order chi connectivity index (χ0) is 14.9. The minimum absolute atomic E-state index is 0.126. The molecule has 0 spiro atoms. The van der Waals surface area contributed by atoms with E-state index in [-0.39, 0.29) is 17.5 Å². The maximum absolute atomic E-state index is 12.1. The Morgan fingerprint density at radius 1 is 1.38 bits per heavy atom. The van der Waals surface area contributed by atoms with Crippen molar-refractivity contribution in [3.8, 4) is 11.5 Å². The molecule has 112 valence electrons. The lowest BCUT2D eigenvalue weighted by atomic mass is 10.2. The third-order valence-corrected chi connectivity index (χ3v) is 4.68. The Morgan fingerprint density at radius 3 is 2.86 bits per heavy atom. The zero-order valence-electron chi connectivity index (χ0n) is 11.4. The van der Waals surface area contributed by atoms with Crippen molar-refractivity contribution in [1.29, 1.82) is 0 Å². The van der Waals surface area contributed by atoms with E-state index in [1.807, 2.05) is 18.2 Å². The number of benzene rings is 1. The number of ether oxygens (including phenoxy) is 2. The summed E-state index contributed by atoms with van der Waals surface area (Å²) in [5.41, 5.74) is 0.494. The van der Waals surface area contributed by atoms with Gasteiger partial charge in [-0.25, -0.2) is 13.1 Å². The average molecular weight is 309 g/mol. The first-order valence-electron chi connectivity index (χ1n) is 6.44. The fourth-order valence-corrected chi connectivity index (χ4v) is 3.26. The van der Waals surface area contributed by atoms with Crippen molar-refractivity contribution in [2.24, 2.45) is 0 Å². The van der Waals surface area contributed by atoms with Crippen molar-refractivity contribution >= 4 is 10.0 Å². The number of sulfonamides is 1. The summed E-state index contributed by atoms with van der Waals surface area (Å²) in [5, 5.41) is 6.31. The number of fused-ring (bicyclic) bond motifs is 1. The molecule has 0 fully saturated rings. The highest BCUT2D eigenvalue weighted by Gasteiger charge is 2.24. The van der Waals surface area contributed by atoms with E-state index in [9.17, 15) is 8.42 Å². The summed E-state index contributed by atoms with van der Waals surface area (Å²) in [7, 11) is -3.60. The topological polar surface area (TPSA) is 93.3 Å². The minimum atomic E-state index is -3.60. The van der Waals surface area contributed by atoms with Crippen LogP contribution in [0.2, 0.25) is 0 Å². The van der Waals surface area contributed by atoms with Gasteiger partial charge in [0.05, 0.1) is 18.4 Å². The number of rotatable bonds is 4. The molecule has 1 unspecified atom stereocenters. The lowest BCUT2D eigenvalue weighted by Crippen LogP contribution is -2.40.